The van der Waals surface area contributed by atoms with E-state index in [1.165, 1.54) is 14.0 Å². The van der Waals surface area contributed by atoms with Crippen LogP contribution >= 0.6 is 0 Å². The molecule has 0 heterocycles. The SMILES string of the molecule is COc1ccc(C(=O)NCC(=O)O[C@@H](C)C(=O)Nc2ccccc2)cc1. The standard InChI is InChI=1S/C19H20N2O5/c1-13(18(23)21-15-6-4-3-5-7-15)26-17(22)12-20-19(24)14-8-10-16(25-2)11-9-14/h3-11,13H,12H2,1-2H3,(H,20,24)(H,21,23)/t13-/m0/s1. The van der Waals surface area contributed by atoms with Crippen molar-refractivity contribution in [2.75, 3.05) is 19.0 Å². The van der Waals surface area contributed by atoms with E-state index in [9.17, 15) is 14.4 Å². The van der Waals surface area contributed by atoms with E-state index >= 15 is 0 Å². The Hall–Kier alpha value is -3.35. The predicted molar refractivity (Wildman–Crippen MR) is 96.0 cm³/mol. The monoisotopic (exact) mass is 356 g/mol. The van der Waals surface area contributed by atoms with Gasteiger partial charge in [0.25, 0.3) is 11.8 Å². The fourth-order valence-corrected chi connectivity index (χ4v) is 2.05. The summed E-state index contributed by atoms with van der Waals surface area (Å²) in [6, 6.07) is 15.3. The first-order chi connectivity index (χ1) is 12.5. The minimum Gasteiger partial charge on any atom is -0.497 e. The lowest BCUT2D eigenvalue weighted by Crippen LogP contribution is -2.35. The molecule has 2 N–H and O–H groups in total. The van der Waals surface area contributed by atoms with Gasteiger partial charge in [-0.15, -0.1) is 0 Å². The lowest BCUT2D eigenvalue weighted by molar-refractivity contribution is -0.152. The van der Waals surface area contributed by atoms with E-state index < -0.39 is 23.9 Å². The first kappa shape index (κ1) is 19.0. The van der Waals surface area contributed by atoms with Crippen LogP contribution in [-0.2, 0) is 14.3 Å². The van der Waals surface area contributed by atoms with Gasteiger partial charge < -0.3 is 20.1 Å². The lowest BCUT2D eigenvalue weighted by Gasteiger charge is -2.14. The van der Waals surface area contributed by atoms with Crippen LogP contribution in [0.3, 0.4) is 0 Å². The zero-order valence-corrected chi connectivity index (χ0v) is 14.5. The molecule has 0 aliphatic rings. The number of benzene rings is 2. The van der Waals surface area contributed by atoms with E-state index in [1.807, 2.05) is 6.07 Å². The average Bonchev–Trinajstić information content (AvgIpc) is 2.67. The molecule has 2 aromatic carbocycles. The van der Waals surface area contributed by atoms with Gasteiger partial charge >= 0.3 is 5.97 Å². The summed E-state index contributed by atoms with van der Waals surface area (Å²) in [5.74, 6) is -0.959. The van der Waals surface area contributed by atoms with Crippen molar-refractivity contribution >= 4 is 23.5 Å². The van der Waals surface area contributed by atoms with Gasteiger partial charge in [0.15, 0.2) is 6.10 Å². The van der Waals surface area contributed by atoms with Gasteiger partial charge in [0.2, 0.25) is 0 Å². The number of esters is 1. The van der Waals surface area contributed by atoms with E-state index in [-0.39, 0.29) is 6.54 Å². The molecule has 136 valence electrons. The van der Waals surface area contributed by atoms with Crippen molar-refractivity contribution in [1.29, 1.82) is 0 Å². The number of carbonyl (C=O) groups excluding carboxylic acids is 3. The molecule has 0 bridgehead atoms. The van der Waals surface area contributed by atoms with Gasteiger partial charge in [-0.2, -0.15) is 0 Å². The quantitative estimate of drug-likeness (QED) is 0.740. The molecule has 2 amide bonds. The molecule has 0 saturated carbocycles. The van der Waals surface area contributed by atoms with E-state index in [4.69, 9.17) is 9.47 Å². The second kappa shape index (κ2) is 9.22. The zero-order chi connectivity index (χ0) is 18.9. The van der Waals surface area contributed by atoms with Crippen LogP contribution in [0.1, 0.15) is 17.3 Å². The number of anilines is 1. The Kier molecular flexibility index (Phi) is 6.73. The Morgan fingerprint density at radius 1 is 1.00 bits per heavy atom. The molecule has 0 aromatic heterocycles. The minimum atomic E-state index is -0.986. The van der Waals surface area contributed by atoms with Crippen molar-refractivity contribution in [2.24, 2.45) is 0 Å². The summed E-state index contributed by atoms with van der Waals surface area (Å²) in [6.07, 6.45) is -0.986. The van der Waals surface area contributed by atoms with Crippen molar-refractivity contribution in [3.63, 3.8) is 0 Å². The van der Waals surface area contributed by atoms with Gasteiger partial charge in [-0.25, -0.2) is 0 Å². The van der Waals surface area contributed by atoms with Gasteiger partial charge in [0, 0.05) is 11.3 Å². The molecule has 0 radical (unpaired) electrons. The van der Waals surface area contributed by atoms with Crippen LogP contribution in [0.15, 0.2) is 54.6 Å². The maximum Gasteiger partial charge on any atom is 0.326 e. The molecule has 2 rings (SSSR count). The second-order valence-corrected chi connectivity index (χ2v) is 5.40. The number of hydrogen-bond donors (Lipinski definition) is 2. The Labute approximate surface area is 151 Å². The summed E-state index contributed by atoms with van der Waals surface area (Å²) in [5, 5.41) is 5.08. The van der Waals surface area contributed by atoms with Crippen LogP contribution in [0.4, 0.5) is 5.69 Å². The van der Waals surface area contributed by atoms with Crippen molar-refractivity contribution in [1.82, 2.24) is 5.32 Å². The molecule has 7 heteroatoms. The maximum atomic E-state index is 12.0. The largest absolute Gasteiger partial charge is 0.497 e. The number of rotatable bonds is 7. The number of methoxy groups -OCH3 is 1. The highest BCUT2D eigenvalue weighted by Crippen LogP contribution is 2.11. The van der Waals surface area contributed by atoms with Gasteiger partial charge in [0.1, 0.15) is 12.3 Å². The number of carbonyl (C=O) groups is 3. The Bertz CT molecular complexity index is 759. The van der Waals surface area contributed by atoms with Crippen LogP contribution in [0.2, 0.25) is 0 Å². The smallest absolute Gasteiger partial charge is 0.326 e. The van der Waals surface area contributed by atoms with Crippen LogP contribution in [0, 0.1) is 0 Å². The van der Waals surface area contributed by atoms with Gasteiger partial charge in [-0.1, -0.05) is 18.2 Å². The molecule has 0 aliphatic carbocycles. The van der Waals surface area contributed by atoms with E-state index in [0.717, 1.165) is 0 Å². The Morgan fingerprint density at radius 2 is 1.65 bits per heavy atom. The number of hydrogen-bond acceptors (Lipinski definition) is 5. The van der Waals surface area contributed by atoms with Gasteiger partial charge in [-0.05, 0) is 43.3 Å². The molecule has 0 spiro atoms. The third-order valence-electron chi connectivity index (χ3n) is 3.46. The fourth-order valence-electron chi connectivity index (χ4n) is 2.05. The molecule has 0 saturated heterocycles. The van der Waals surface area contributed by atoms with E-state index in [0.29, 0.717) is 17.0 Å². The summed E-state index contributed by atoms with van der Waals surface area (Å²) in [5.41, 5.74) is 0.988. The highest BCUT2D eigenvalue weighted by atomic mass is 16.5. The summed E-state index contributed by atoms with van der Waals surface area (Å²) in [6.45, 7) is 1.12. The van der Waals surface area contributed by atoms with E-state index in [1.54, 1.807) is 48.5 Å². The van der Waals surface area contributed by atoms with Crippen LogP contribution < -0.4 is 15.4 Å². The minimum absolute atomic E-state index is 0.339. The lowest BCUT2D eigenvalue weighted by atomic mass is 10.2. The molecule has 26 heavy (non-hydrogen) atoms. The molecule has 0 unspecified atom stereocenters. The van der Waals surface area contributed by atoms with Crippen molar-refractivity contribution in [2.45, 2.75) is 13.0 Å². The first-order valence-corrected chi connectivity index (χ1v) is 7.97. The fraction of sp³-hybridized carbons (Fsp3) is 0.211. The van der Waals surface area contributed by atoms with Crippen LogP contribution in [0.5, 0.6) is 5.75 Å². The zero-order valence-electron chi connectivity index (χ0n) is 14.5. The van der Waals surface area contributed by atoms with Gasteiger partial charge in [0.05, 0.1) is 7.11 Å². The van der Waals surface area contributed by atoms with E-state index in [2.05, 4.69) is 10.6 Å². The Morgan fingerprint density at radius 3 is 2.27 bits per heavy atom. The van der Waals surface area contributed by atoms with Gasteiger partial charge in [-0.3, -0.25) is 14.4 Å². The molecule has 2 aromatic rings. The Balaban J connectivity index is 1.78. The maximum absolute atomic E-state index is 12.0. The highest BCUT2D eigenvalue weighted by Gasteiger charge is 2.18. The van der Waals surface area contributed by atoms with Crippen LogP contribution in [0.25, 0.3) is 0 Å². The normalized spacial score (nSPS) is 11.2. The van der Waals surface area contributed by atoms with Crippen LogP contribution in [-0.4, -0.2) is 37.5 Å². The summed E-state index contributed by atoms with van der Waals surface area (Å²) in [7, 11) is 1.53. The van der Waals surface area contributed by atoms with Crippen molar-refractivity contribution in [3.8, 4) is 5.75 Å². The molecule has 1 atom stereocenters. The summed E-state index contributed by atoms with van der Waals surface area (Å²) in [4.78, 5) is 35.8. The third kappa shape index (κ3) is 5.62. The second-order valence-electron chi connectivity index (χ2n) is 5.40. The number of nitrogens with one attached hydrogen (secondary N) is 2. The topological polar surface area (TPSA) is 93.7 Å². The first-order valence-electron chi connectivity index (χ1n) is 7.97. The summed E-state index contributed by atoms with van der Waals surface area (Å²) < 4.78 is 10.0. The molecule has 0 aliphatic heterocycles. The molecule has 7 nitrogen and oxygen atoms in total. The predicted octanol–water partition coefficient (Wildman–Crippen LogP) is 2.00. The third-order valence-corrected chi connectivity index (χ3v) is 3.46. The number of ether oxygens (including phenoxy) is 2. The van der Waals surface area contributed by atoms with Crippen molar-refractivity contribution < 1.29 is 23.9 Å². The highest BCUT2D eigenvalue weighted by molar-refractivity contribution is 5.97. The average molecular weight is 356 g/mol. The number of para-hydroxylation sites is 1. The molecular formula is C19H20N2O5. The molecule has 0 fully saturated rings. The number of amides is 2. The molecular weight excluding hydrogens is 336 g/mol. The summed E-state index contributed by atoms with van der Waals surface area (Å²) >= 11 is 0. The van der Waals surface area contributed by atoms with Crippen molar-refractivity contribution in [3.05, 3.63) is 60.2 Å².